The topological polar surface area (TPSA) is 115 Å². The molecule has 0 saturated heterocycles. The Hall–Kier alpha value is -2.97. The number of rotatable bonds is 12. The van der Waals surface area contributed by atoms with E-state index in [-0.39, 0.29) is 17.2 Å². The third kappa shape index (κ3) is 11.1. The van der Waals surface area contributed by atoms with Crippen LogP contribution in [0.1, 0.15) is 59.3 Å². The minimum Gasteiger partial charge on any atom is -0.410 e. The van der Waals surface area contributed by atoms with Gasteiger partial charge in [0.2, 0.25) is 0 Å². The van der Waals surface area contributed by atoms with E-state index in [1.165, 1.54) is 18.2 Å². The van der Waals surface area contributed by atoms with Crippen molar-refractivity contribution in [3.8, 4) is 17.2 Å². The van der Waals surface area contributed by atoms with E-state index >= 15 is 0 Å². The normalized spacial score (nSPS) is 10.1. The molecule has 0 atom stereocenters. The summed E-state index contributed by atoms with van der Waals surface area (Å²) < 4.78 is 15.7. The molecular weight excluding hydrogens is 390 g/mol. The van der Waals surface area contributed by atoms with Crippen LogP contribution in [-0.4, -0.2) is 37.9 Å². The predicted molar refractivity (Wildman–Crippen MR) is 113 cm³/mol. The van der Waals surface area contributed by atoms with Crippen LogP contribution in [0.5, 0.6) is 17.2 Å². The first-order valence-corrected chi connectivity index (χ1v) is 10.5. The highest BCUT2D eigenvalue weighted by Gasteiger charge is 2.13. The molecule has 3 N–H and O–H groups in total. The Morgan fingerprint density at radius 3 is 1.10 bits per heavy atom. The first kappa shape index (κ1) is 25.1. The Labute approximate surface area is 177 Å². The van der Waals surface area contributed by atoms with Crippen molar-refractivity contribution in [3.63, 3.8) is 0 Å². The molecule has 0 unspecified atom stereocenters. The van der Waals surface area contributed by atoms with E-state index < -0.39 is 18.3 Å². The molecule has 0 aliphatic rings. The summed E-state index contributed by atoms with van der Waals surface area (Å²) >= 11 is 0. The second-order valence-electron chi connectivity index (χ2n) is 6.65. The summed E-state index contributed by atoms with van der Waals surface area (Å²) in [5, 5.41) is 7.86. The van der Waals surface area contributed by atoms with Crippen LogP contribution < -0.4 is 30.2 Å². The number of amides is 3. The summed E-state index contributed by atoms with van der Waals surface area (Å²) in [6, 6.07) is 4.13. The molecule has 0 aromatic heterocycles. The van der Waals surface area contributed by atoms with E-state index in [0.717, 1.165) is 38.5 Å². The van der Waals surface area contributed by atoms with Gasteiger partial charge in [0, 0.05) is 37.8 Å². The second-order valence-corrected chi connectivity index (χ2v) is 6.65. The summed E-state index contributed by atoms with van der Waals surface area (Å²) in [4.78, 5) is 35.8. The maximum Gasteiger partial charge on any atom is 0.412 e. The molecule has 1 aromatic carbocycles. The van der Waals surface area contributed by atoms with Crippen LogP contribution in [-0.2, 0) is 0 Å². The average Bonchev–Trinajstić information content (AvgIpc) is 2.68. The van der Waals surface area contributed by atoms with E-state index in [9.17, 15) is 14.4 Å². The quantitative estimate of drug-likeness (QED) is 0.431. The Morgan fingerprint density at radius 2 is 0.867 bits per heavy atom. The maximum atomic E-state index is 11.9. The first-order chi connectivity index (χ1) is 14.5. The summed E-state index contributed by atoms with van der Waals surface area (Å²) in [5.41, 5.74) is 0. The highest BCUT2D eigenvalue weighted by atomic mass is 16.6. The summed E-state index contributed by atoms with van der Waals surface area (Å²) in [5.74, 6) is 0.248. The Bertz CT molecular complexity index is 578. The highest BCUT2D eigenvalue weighted by molar-refractivity contribution is 5.74. The van der Waals surface area contributed by atoms with Crippen LogP contribution in [0.15, 0.2) is 18.2 Å². The smallest absolute Gasteiger partial charge is 0.410 e. The lowest BCUT2D eigenvalue weighted by Crippen LogP contribution is -2.29. The van der Waals surface area contributed by atoms with Crippen molar-refractivity contribution in [2.24, 2.45) is 0 Å². The molecule has 0 radical (unpaired) electrons. The largest absolute Gasteiger partial charge is 0.412 e. The highest BCUT2D eigenvalue weighted by Crippen LogP contribution is 2.28. The lowest BCUT2D eigenvalue weighted by Gasteiger charge is -2.12. The number of ether oxygens (including phenoxy) is 3. The van der Waals surface area contributed by atoms with Crippen molar-refractivity contribution >= 4 is 18.3 Å². The predicted octanol–water partition coefficient (Wildman–Crippen LogP) is 4.35. The van der Waals surface area contributed by atoms with Crippen LogP contribution in [0.25, 0.3) is 0 Å². The third-order valence-electron chi connectivity index (χ3n) is 3.88. The second kappa shape index (κ2) is 14.9. The van der Waals surface area contributed by atoms with Crippen LogP contribution >= 0.6 is 0 Å². The molecule has 0 bridgehead atoms. The zero-order chi connectivity index (χ0) is 22.2. The molecule has 0 spiro atoms. The van der Waals surface area contributed by atoms with E-state index in [2.05, 4.69) is 16.0 Å². The molecule has 1 aromatic rings. The van der Waals surface area contributed by atoms with Crippen LogP contribution in [0.4, 0.5) is 14.4 Å². The summed E-state index contributed by atoms with van der Waals surface area (Å²) in [6.45, 7) is 7.47. The van der Waals surface area contributed by atoms with E-state index in [1.54, 1.807) is 0 Å². The minimum absolute atomic E-state index is 0.0826. The van der Waals surface area contributed by atoms with E-state index in [0.29, 0.717) is 19.6 Å². The van der Waals surface area contributed by atoms with Crippen molar-refractivity contribution in [2.45, 2.75) is 59.3 Å². The van der Waals surface area contributed by atoms with Crippen LogP contribution in [0.3, 0.4) is 0 Å². The molecule has 0 aliphatic carbocycles. The fourth-order valence-electron chi connectivity index (χ4n) is 2.25. The lowest BCUT2D eigenvalue weighted by molar-refractivity contribution is 0.197. The van der Waals surface area contributed by atoms with Gasteiger partial charge in [-0.15, -0.1) is 0 Å². The maximum absolute atomic E-state index is 11.9. The van der Waals surface area contributed by atoms with E-state index in [4.69, 9.17) is 14.2 Å². The fourth-order valence-corrected chi connectivity index (χ4v) is 2.25. The van der Waals surface area contributed by atoms with Crippen molar-refractivity contribution < 1.29 is 28.6 Å². The number of carbonyl (C=O) groups excluding carboxylic acids is 3. The molecule has 9 heteroatoms. The molecular formula is C21H33N3O6. The van der Waals surface area contributed by atoms with Gasteiger partial charge in [-0.3, -0.25) is 0 Å². The van der Waals surface area contributed by atoms with Gasteiger partial charge in [-0.25, -0.2) is 14.4 Å². The van der Waals surface area contributed by atoms with Crippen LogP contribution in [0, 0.1) is 0 Å². The molecule has 30 heavy (non-hydrogen) atoms. The summed E-state index contributed by atoms with van der Waals surface area (Å²) in [7, 11) is 0. The summed E-state index contributed by atoms with van der Waals surface area (Å²) in [6.07, 6.45) is 3.32. The van der Waals surface area contributed by atoms with Crippen molar-refractivity contribution in [1.29, 1.82) is 0 Å². The van der Waals surface area contributed by atoms with Crippen molar-refractivity contribution in [2.75, 3.05) is 19.6 Å². The standard InChI is InChI=1S/C21H33N3O6/c1-4-7-10-22-19(25)28-16-13-17(29-20(26)23-11-8-5-2)15-18(14-16)30-21(27)24-12-9-6-3/h13-15H,4-12H2,1-3H3,(H,22,25)(H,23,26)(H,24,27). The third-order valence-corrected chi connectivity index (χ3v) is 3.88. The number of nitrogens with one attached hydrogen (secondary N) is 3. The molecule has 1 rings (SSSR count). The number of carbonyl (C=O) groups is 3. The molecule has 0 saturated carbocycles. The van der Waals surface area contributed by atoms with E-state index in [1.807, 2.05) is 20.8 Å². The van der Waals surface area contributed by atoms with Gasteiger partial charge in [-0.1, -0.05) is 40.0 Å². The van der Waals surface area contributed by atoms with Crippen molar-refractivity contribution in [1.82, 2.24) is 16.0 Å². The zero-order valence-corrected chi connectivity index (χ0v) is 18.0. The molecule has 9 nitrogen and oxygen atoms in total. The number of hydrogen-bond donors (Lipinski definition) is 3. The van der Waals surface area contributed by atoms with Gasteiger partial charge in [-0.2, -0.15) is 0 Å². The average molecular weight is 424 g/mol. The molecule has 0 heterocycles. The van der Waals surface area contributed by atoms with Crippen molar-refractivity contribution in [3.05, 3.63) is 18.2 Å². The van der Waals surface area contributed by atoms with Gasteiger partial charge < -0.3 is 30.2 Å². The Balaban J connectivity index is 2.84. The van der Waals surface area contributed by atoms with Gasteiger partial charge >= 0.3 is 18.3 Å². The van der Waals surface area contributed by atoms with Gasteiger partial charge in [0.05, 0.1) is 0 Å². The SMILES string of the molecule is CCCCNC(=O)Oc1cc(OC(=O)NCCCC)cc(OC(=O)NCCCC)c1. The molecule has 3 amide bonds. The van der Waals surface area contributed by atoms with Gasteiger partial charge in [0.15, 0.2) is 0 Å². The fraction of sp³-hybridized carbons (Fsp3) is 0.571. The Kier molecular flexibility index (Phi) is 12.5. The number of hydrogen-bond acceptors (Lipinski definition) is 6. The first-order valence-electron chi connectivity index (χ1n) is 10.5. The molecule has 0 aliphatic heterocycles. The zero-order valence-electron chi connectivity index (χ0n) is 18.0. The molecule has 168 valence electrons. The Morgan fingerprint density at radius 1 is 0.600 bits per heavy atom. The monoisotopic (exact) mass is 423 g/mol. The van der Waals surface area contributed by atoms with Crippen LogP contribution in [0.2, 0.25) is 0 Å². The van der Waals surface area contributed by atoms with Gasteiger partial charge in [0.25, 0.3) is 0 Å². The number of benzene rings is 1. The van der Waals surface area contributed by atoms with Gasteiger partial charge in [-0.05, 0) is 19.3 Å². The number of unbranched alkanes of at least 4 members (excludes halogenated alkanes) is 3. The lowest BCUT2D eigenvalue weighted by atomic mass is 10.3. The minimum atomic E-state index is -0.647. The van der Waals surface area contributed by atoms with Gasteiger partial charge in [0.1, 0.15) is 17.2 Å². The molecule has 0 fully saturated rings.